The minimum atomic E-state index is -0.745. The standard InChI is InChI=1S/C23H21NO2/c1-17(15-22(25)19-11-6-3-7-12-19)23(26)24-21-14-8-13-20(16-21)18-9-4-2-5-10-18/h2-14,16,22,25H,1,15H2,(H,24,26)/t22-/m0/s1. The number of nitrogens with one attached hydrogen (secondary N) is 1. The summed E-state index contributed by atoms with van der Waals surface area (Å²) in [7, 11) is 0. The highest BCUT2D eigenvalue weighted by atomic mass is 16.3. The lowest BCUT2D eigenvalue weighted by atomic mass is 10.0. The smallest absolute Gasteiger partial charge is 0.251 e. The number of benzene rings is 3. The normalized spacial score (nSPS) is 11.6. The number of rotatable bonds is 6. The lowest BCUT2D eigenvalue weighted by Gasteiger charge is -2.13. The molecule has 0 saturated heterocycles. The first-order valence-electron chi connectivity index (χ1n) is 8.51. The van der Waals surface area contributed by atoms with E-state index in [9.17, 15) is 9.90 Å². The molecule has 0 bridgehead atoms. The van der Waals surface area contributed by atoms with Gasteiger partial charge in [-0.3, -0.25) is 4.79 Å². The Morgan fingerprint density at radius 1 is 0.885 bits per heavy atom. The number of hydrogen-bond acceptors (Lipinski definition) is 2. The number of aliphatic hydroxyl groups is 1. The van der Waals surface area contributed by atoms with Crippen LogP contribution in [0.15, 0.2) is 97.1 Å². The van der Waals surface area contributed by atoms with Gasteiger partial charge < -0.3 is 10.4 Å². The molecular weight excluding hydrogens is 322 g/mol. The molecule has 130 valence electrons. The van der Waals surface area contributed by atoms with Crippen molar-refractivity contribution in [3.05, 3.63) is 103 Å². The van der Waals surface area contributed by atoms with Crippen LogP contribution in [0.4, 0.5) is 5.69 Å². The number of anilines is 1. The van der Waals surface area contributed by atoms with Gasteiger partial charge in [-0.2, -0.15) is 0 Å². The van der Waals surface area contributed by atoms with Gasteiger partial charge in [-0.25, -0.2) is 0 Å². The van der Waals surface area contributed by atoms with E-state index in [0.29, 0.717) is 11.3 Å². The van der Waals surface area contributed by atoms with Gasteiger partial charge >= 0.3 is 0 Å². The minimum Gasteiger partial charge on any atom is -0.388 e. The van der Waals surface area contributed by atoms with Gasteiger partial charge in [-0.15, -0.1) is 0 Å². The van der Waals surface area contributed by atoms with Crippen LogP contribution in [0.5, 0.6) is 0 Å². The zero-order valence-electron chi connectivity index (χ0n) is 14.4. The predicted octanol–water partition coefficient (Wildman–Crippen LogP) is 4.97. The number of aliphatic hydroxyl groups excluding tert-OH is 1. The van der Waals surface area contributed by atoms with Crippen LogP contribution < -0.4 is 5.32 Å². The quantitative estimate of drug-likeness (QED) is 0.621. The van der Waals surface area contributed by atoms with Gasteiger partial charge in [0.25, 0.3) is 5.91 Å². The van der Waals surface area contributed by atoms with Crippen molar-refractivity contribution in [3.63, 3.8) is 0 Å². The first-order chi connectivity index (χ1) is 12.6. The summed E-state index contributed by atoms with van der Waals surface area (Å²) in [4.78, 5) is 12.4. The highest BCUT2D eigenvalue weighted by Crippen LogP contribution is 2.24. The van der Waals surface area contributed by atoms with Crippen LogP contribution in [0, 0.1) is 0 Å². The van der Waals surface area contributed by atoms with Gasteiger partial charge in [0.1, 0.15) is 0 Å². The van der Waals surface area contributed by atoms with Crippen LogP contribution in [0.25, 0.3) is 11.1 Å². The van der Waals surface area contributed by atoms with Crippen molar-refractivity contribution in [1.82, 2.24) is 0 Å². The molecule has 3 aromatic carbocycles. The van der Waals surface area contributed by atoms with Crippen molar-refractivity contribution in [2.45, 2.75) is 12.5 Å². The summed E-state index contributed by atoms with van der Waals surface area (Å²) in [5.74, 6) is -0.287. The Morgan fingerprint density at radius 3 is 2.19 bits per heavy atom. The number of amides is 1. The third-order valence-electron chi connectivity index (χ3n) is 4.17. The fraction of sp³-hybridized carbons (Fsp3) is 0.0870. The van der Waals surface area contributed by atoms with Crippen LogP contribution >= 0.6 is 0 Å². The van der Waals surface area contributed by atoms with Gasteiger partial charge in [0.2, 0.25) is 0 Å². The van der Waals surface area contributed by atoms with E-state index >= 15 is 0 Å². The summed E-state index contributed by atoms with van der Waals surface area (Å²) in [6.07, 6.45) is -0.557. The van der Waals surface area contributed by atoms with Crippen molar-refractivity contribution >= 4 is 11.6 Å². The average molecular weight is 343 g/mol. The molecule has 0 radical (unpaired) electrons. The highest BCUT2D eigenvalue weighted by Gasteiger charge is 2.14. The second kappa shape index (κ2) is 8.28. The summed E-state index contributed by atoms with van der Waals surface area (Å²) in [5, 5.41) is 13.1. The van der Waals surface area contributed by atoms with Crippen molar-refractivity contribution in [3.8, 4) is 11.1 Å². The largest absolute Gasteiger partial charge is 0.388 e. The van der Waals surface area contributed by atoms with Crippen molar-refractivity contribution in [1.29, 1.82) is 0 Å². The zero-order chi connectivity index (χ0) is 18.4. The molecule has 3 heteroatoms. The molecule has 0 aliphatic carbocycles. The molecule has 26 heavy (non-hydrogen) atoms. The van der Waals surface area contributed by atoms with E-state index in [2.05, 4.69) is 11.9 Å². The molecule has 0 aliphatic heterocycles. The van der Waals surface area contributed by atoms with Gasteiger partial charge in [-0.05, 0) is 28.8 Å². The van der Waals surface area contributed by atoms with Crippen LogP contribution in [-0.4, -0.2) is 11.0 Å². The number of carbonyl (C=O) groups excluding carboxylic acids is 1. The van der Waals surface area contributed by atoms with E-state index in [1.54, 1.807) is 0 Å². The molecule has 1 amide bonds. The predicted molar refractivity (Wildman–Crippen MR) is 106 cm³/mol. The van der Waals surface area contributed by atoms with Crippen LogP contribution in [0.1, 0.15) is 18.1 Å². The molecule has 0 aromatic heterocycles. The fourth-order valence-electron chi connectivity index (χ4n) is 2.75. The molecule has 0 unspecified atom stereocenters. The summed E-state index contributed by atoms with van der Waals surface area (Å²) >= 11 is 0. The van der Waals surface area contributed by atoms with Crippen molar-refractivity contribution in [2.75, 3.05) is 5.32 Å². The van der Waals surface area contributed by atoms with Gasteiger partial charge in [0.05, 0.1) is 6.10 Å². The monoisotopic (exact) mass is 343 g/mol. The number of hydrogen-bond donors (Lipinski definition) is 2. The molecule has 0 spiro atoms. The Kier molecular flexibility index (Phi) is 5.62. The molecular formula is C23H21NO2. The van der Waals surface area contributed by atoms with Gasteiger partial charge in [-0.1, -0.05) is 79.4 Å². The fourth-order valence-corrected chi connectivity index (χ4v) is 2.75. The molecule has 0 fully saturated rings. The Hall–Kier alpha value is -3.17. The third-order valence-corrected chi connectivity index (χ3v) is 4.17. The molecule has 0 heterocycles. The summed E-state index contributed by atoms with van der Waals surface area (Å²) in [5.41, 5.74) is 3.92. The molecule has 2 N–H and O–H groups in total. The van der Waals surface area contributed by atoms with Crippen LogP contribution in [0.3, 0.4) is 0 Å². The summed E-state index contributed by atoms with van der Waals surface area (Å²) in [6, 6.07) is 26.9. The highest BCUT2D eigenvalue weighted by molar-refractivity contribution is 6.03. The Labute approximate surface area is 153 Å². The lowest BCUT2D eigenvalue weighted by Crippen LogP contribution is -2.15. The van der Waals surface area contributed by atoms with E-state index in [1.807, 2.05) is 84.9 Å². The summed E-state index contributed by atoms with van der Waals surface area (Å²) < 4.78 is 0. The second-order valence-corrected chi connectivity index (χ2v) is 6.14. The topological polar surface area (TPSA) is 49.3 Å². The molecule has 3 aromatic rings. The van der Waals surface area contributed by atoms with E-state index in [4.69, 9.17) is 0 Å². The Bertz CT molecular complexity index is 888. The maximum absolute atomic E-state index is 12.4. The second-order valence-electron chi connectivity index (χ2n) is 6.14. The first kappa shape index (κ1) is 17.6. The Balaban J connectivity index is 1.65. The zero-order valence-corrected chi connectivity index (χ0v) is 14.4. The maximum atomic E-state index is 12.4. The van der Waals surface area contributed by atoms with Crippen LogP contribution in [-0.2, 0) is 4.79 Å². The van der Waals surface area contributed by atoms with E-state index in [-0.39, 0.29) is 12.3 Å². The minimum absolute atomic E-state index is 0.189. The lowest BCUT2D eigenvalue weighted by molar-refractivity contribution is -0.113. The van der Waals surface area contributed by atoms with E-state index in [0.717, 1.165) is 16.7 Å². The van der Waals surface area contributed by atoms with E-state index in [1.165, 1.54) is 0 Å². The third kappa shape index (κ3) is 4.47. The molecule has 3 rings (SSSR count). The van der Waals surface area contributed by atoms with E-state index < -0.39 is 6.10 Å². The molecule has 0 saturated carbocycles. The first-order valence-corrected chi connectivity index (χ1v) is 8.51. The van der Waals surface area contributed by atoms with Gasteiger partial charge in [0.15, 0.2) is 0 Å². The molecule has 0 aliphatic rings. The summed E-state index contributed by atoms with van der Waals surface area (Å²) in [6.45, 7) is 3.82. The SMILES string of the molecule is C=C(C[C@H](O)c1ccccc1)C(=O)Nc1cccc(-c2ccccc2)c1. The molecule has 3 nitrogen and oxygen atoms in total. The average Bonchev–Trinajstić information content (AvgIpc) is 2.69. The van der Waals surface area contributed by atoms with Crippen LogP contribution in [0.2, 0.25) is 0 Å². The number of carbonyl (C=O) groups is 1. The van der Waals surface area contributed by atoms with Crippen molar-refractivity contribution in [2.24, 2.45) is 0 Å². The Morgan fingerprint density at radius 2 is 1.50 bits per heavy atom. The molecule has 1 atom stereocenters. The van der Waals surface area contributed by atoms with Gasteiger partial charge in [0, 0.05) is 17.7 Å². The maximum Gasteiger partial charge on any atom is 0.251 e. The van der Waals surface area contributed by atoms with Crippen molar-refractivity contribution < 1.29 is 9.90 Å².